The molecule has 1 aromatic rings. The Bertz CT molecular complexity index is 321. The Hall–Kier alpha value is -1.00. The summed E-state index contributed by atoms with van der Waals surface area (Å²) in [5, 5.41) is 3.26. The normalized spacial score (nSPS) is 26.7. The van der Waals surface area contributed by atoms with E-state index in [1.165, 1.54) is 12.3 Å². The second-order valence-corrected chi connectivity index (χ2v) is 3.78. The molecule has 1 saturated heterocycles. The van der Waals surface area contributed by atoms with Crippen LogP contribution in [-0.2, 0) is 5.41 Å². The topological polar surface area (TPSA) is 50.9 Å². The number of hydrogen-bond acceptors (Lipinski definition) is 3. The van der Waals surface area contributed by atoms with Gasteiger partial charge in [-0.1, -0.05) is 0 Å². The number of pyridine rings is 1. The second-order valence-electron chi connectivity index (χ2n) is 3.78. The van der Waals surface area contributed by atoms with Crippen molar-refractivity contribution in [3.63, 3.8) is 0 Å². The summed E-state index contributed by atoms with van der Waals surface area (Å²) in [4.78, 5) is 3.55. The van der Waals surface area contributed by atoms with Crippen LogP contribution in [0.1, 0.15) is 12.0 Å². The zero-order valence-corrected chi connectivity index (χ0v) is 7.96. The third-order valence-corrected chi connectivity index (χ3v) is 2.97. The van der Waals surface area contributed by atoms with Crippen LogP contribution in [0.5, 0.6) is 0 Å². The molecule has 2 heterocycles. The molecule has 0 amide bonds. The summed E-state index contributed by atoms with van der Waals surface area (Å²) in [6, 6.07) is 3.34. The number of nitrogens with two attached hydrogens (primary N) is 1. The van der Waals surface area contributed by atoms with E-state index in [1.807, 2.05) is 6.07 Å². The van der Waals surface area contributed by atoms with Gasteiger partial charge in [0.05, 0.1) is 0 Å². The molecule has 0 saturated carbocycles. The van der Waals surface area contributed by atoms with Crippen molar-refractivity contribution in [2.75, 3.05) is 19.6 Å². The highest BCUT2D eigenvalue weighted by atomic mass is 19.1. The molecule has 0 bridgehead atoms. The minimum atomic E-state index is -0.428. The monoisotopic (exact) mass is 195 g/mol. The molecule has 0 aromatic carbocycles. The van der Waals surface area contributed by atoms with Gasteiger partial charge < -0.3 is 11.1 Å². The highest BCUT2D eigenvalue weighted by molar-refractivity contribution is 5.26. The average molecular weight is 195 g/mol. The number of aromatic nitrogens is 1. The van der Waals surface area contributed by atoms with E-state index >= 15 is 0 Å². The van der Waals surface area contributed by atoms with Crippen molar-refractivity contribution in [1.82, 2.24) is 10.3 Å². The molecular weight excluding hydrogens is 181 g/mol. The third-order valence-electron chi connectivity index (χ3n) is 2.97. The Labute approximate surface area is 82.5 Å². The molecule has 1 atom stereocenters. The number of nitrogens with zero attached hydrogens (tertiary/aromatic N) is 1. The SMILES string of the molecule is NCC1(c2ccnc(F)c2)CCNC1. The maximum absolute atomic E-state index is 13.0. The van der Waals surface area contributed by atoms with Gasteiger partial charge in [-0.05, 0) is 30.7 Å². The van der Waals surface area contributed by atoms with Crippen LogP contribution in [0.4, 0.5) is 4.39 Å². The van der Waals surface area contributed by atoms with Crippen molar-refractivity contribution in [1.29, 1.82) is 0 Å². The van der Waals surface area contributed by atoms with Gasteiger partial charge in [0.1, 0.15) is 0 Å². The van der Waals surface area contributed by atoms with Crippen molar-refractivity contribution in [3.8, 4) is 0 Å². The average Bonchev–Trinajstić information content (AvgIpc) is 2.67. The maximum Gasteiger partial charge on any atom is 0.213 e. The highest BCUT2D eigenvalue weighted by Gasteiger charge is 2.34. The fraction of sp³-hybridized carbons (Fsp3) is 0.500. The van der Waals surface area contributed by atoms with Crippen molar-refractivity contribution in [2.45, 2.75) is 11.8 Å². The van der Waals surface area contributed by atoms with Crippen LogP contribution >= 0.6 is 0 Å². The lowest BCUT2D eigenvalue weighted by Gasteiger charge is -2.26. The van der Waals surface area contributed by atoms with E-state index in [4.69, 9.17) is 5.73 Å². The van der Waals surface area contributed by atoms with Crippen molar-refractivity contribution in [3.05, 3.63) is 29.8 Å². The van der Waals surface area contributed by atoms with Gasteiger partial charge in [0.25, 0.3) is 0 Å². The highest BCUT2D eigenvalue weighted by Crippen LogP contribution is 2.29. The minimum absolute atomic E-state index is 0.0935. The molecule has 1 fully saturated rings. The molecule has 14 heavy (non-hydrogen) atoms. The van der Waals surface area contributed by atoms with E-state index in [1.54, 1.807) is 0 Å². The van der Waals surface area contributed by atoms with Gasteiger partial charge in [0, 0.05) is 24.7 Å². The maximum atomic E-state index is 13.0. The van der Waals surface area contributed by atoms with Crippen LogP contribution < -0.4 is 11.1 Å². The molecular formula is C10H14FN3. The number of halogens is 1. The van der Waals surface area contributed by atoms with Crippen LogP contribution in [0, 0.1) is 5.95 Å². The first-order valence-corrected chi connectivity index (χ1v) is 4.80. The van der Waals surface area contributed by atoms with Crippen LogP contribution in [0.25, 0.3) is 0 Å². The first kappa shape index (κ1) is 9.55. The molecule has 76 valence electrons. The zero-order chi connectivity index (χ0) is 10.0. The largest absolute Gasteiger partial charge is 0.330 e. The van der Waals surface area contributed by atoms with E-state index in [2.05, 4.69) is 10.3 Å². The molecule has 1 aliphatic heterocycles. The van der Waals surface area contributed by atoms with Crippen LogP contribution in [-0.4, -0.2) is 24.6 Å². The Kier molecular flexibility index (Phi) is 2.48. The predicted molar refractivity (Wildman–Crippen MR) is 52.4 cm³/mol. The van der Waals surface area contributed by atoms with Crippen LogP contribution in [0.15, 0.2) is 18.3 Å². The fourth-order valence-electron chi connectivity index (χ4n) is 2.01. The second kappa shape index (κ2) is 3.63. The Balaban J connectivity index is 2.35. The predicted octanol–water partition coefficient (Wildman–Crippen LogP) is 0.411. The third kappa shape index (κ3) is 1.51. The minimum Gasteiger partial charge on any atom is -0.330 e. The van der Waals surface area contributed by atoms with Crippen molar-refractivity contribution >= 4 is 0 Å². The first-order chi connectivity index (χ1) is 6.77. The summed E-state index contributed by atoms with van der Waals surface area (Å²) in [7, 11) is 0. The van der Waals surface area contributed by atoms with Crippen LogP contribution in [0.3, 0.4) is 0 Å². The Morgan fingerprint density at radius 2 is 2.50 bits per heavy atom. The fourth-order valence-corrected chi connectivity index (χ4v) is 2.01. The lowest BCUT2D eigenvalue weighted by molar-refractivity contribution is 0.475. The molecule has 1 unspecified atom stereocenters. The standard InChI is InChI=1S/C10H14FN3/c11-9-5-8(1-3-14-9)10(6-12)2-4-13-7-10/h1,3,5,13H,2,4,6-7,12H2. The summed E-state index contributed by atoms with van der Waals surface area (Å²) in [5.41, 5.74) is 6.63. The Morgan fingerprint density at radius 3 is 3.07 bits per heavy atom. The summed E-state index contributed by atoms with van der Waals surface area (Å²) in [5.74, 6) is -0.428. The molecule has 1 aromatic heterocycles. The Morgan fingerprint density at radius 1 is 1.64 bits per heavy atom. The van der Waals surface area contributed by atoms with Gasteiger partial charge in [-0.2, -0.15) is 4.39 Å². The van der Waals surface area contributed by atoms with E-state index < -0.39 is 5.95 Å². The summed E-state index contributed by atoms with van der Waals surface area (Å²) >= 11 is 0. The summed E-state index contributed by atoms with van der Waals surface area (Å²) in [6.45, 7) is 2.32. The summed E-state index contributed by atoms with van der Waals surface area (Å²) in [6.07, 6.45) is 2.47. The zero-order valence-electron chi connectivity index (χ0n) is 7.96. The molecule has 3 N–H and O–H groups in total. The van der Waals surface area contributed by atoms with Gasteiger partial charge in [-0.15, -0.1) is 0 Å². The quantitative estimate of drug-likeness (QED) is 0.672. The molecule has 0 spiro atoms. The van der Waals surface area contributed by atoms with E-state index in [0.717, 1.165) is 25.1 Å². The summed E-state index contributed by atoms with van der Waals surface area (Å²) < 4.78 is 13.0. The van der Waals surface area contributed by atoms with Crippen molar-refractivity contribution in [2.24, 2.45) is 5.73 Å². The van der Waals surface area contributed by atoms with Crippen LogP contribution in [0.2, 0.25) is 0 Å². The number of hydrogen-bond donors (Lipinski definition) is 2. The van der Waals surface area contributed by atoms with E-state index in [-0.39, 0.29) is 5.41 Å². The molecule has 2 rings (SSSR count). The smallest absolute Gasteiger partial charge is 0.213 e. The van der Waals surface area contributed by atoms with E-state index in [0.29, 0.717) is 6.54 Å². The molecule has 3 nitrogen and oxygen atoms in total. The number of nitrogens with one attached hydrogen (secondary N) is 1. The van der Waals surface area contributed by atoms with Gasteiger partial charge in [0.15, 0.2) is 0 Å². The van der Waals surface area contributed by atoms with Crippen molar-refractivity contribution < 1.29 is 4.39 Å². The molecule has 4 heteroatoms. The van der Waals surface area contributed by atoms with E-state index in [9.17, 15) is 4.39 Å². The first-order valence-electron chi connectivity index (χ1n) is 4.80. The molecule has 0 aliphatic carbocycles. The van der Waals surface area contributed by atoms with Gasteiger partial charge in [-0.25, -0.2) is 4.98 Å². The lowest BCUT2D eigenvalue weighted by Crippen LogP contribution is -2.37. The lowest BCUT2D eigenvalue weighted by atomic mass is 9.80. The van der Waals surface area contributed by atoms with Gasteiger partial charge in [-0.3, -0.25) is 0 Å². The number of rotatable bonds is 2. The van der Waals surface area contributed by atoms with Gasteiger partial charge in [0.2, 0.25) is 5.95 Å². The van der Waals surface area contributed by atoms with Gasteiger partial charge >= 0.3 is 0 Å². The molecule has 0 radical (unpaired) electrons. The molecule has 1 aliphatic rings.